The minimum absolute atomic E-state index is 0.352. The van der Waals surface area contributed by atoms with Crippen molar-refractivity contribution in [1.29, 1.82) is 0 Å². The molecule has 2 nitrogen and oxygen atoms in total. The molecule has 0 atom stereocenters. The van der Waals surface area contributed by atoms with E-state index in [9.17, 15) is 0 Å². The molecular formula is C16H20N2S2. The number of fused-ring (bicyclic) bond motifs is 1. The number of rotatable bonds is 1. The van der Waals surface area contributed by atoms with Gasteiger partial charge >= 0.3 is 0 Å². The molecule has 4 aliphatic carbocycles. The largest absolute Gasteiger partial charge is 0.346 e. The molecule has 4 heteroatoms. The van der Waals surface area contributed by atoms with E-state index in [0.29, 0.717) is 5.41 Å². The molecule has 0 amide bonds. The van der Waals surface area contributed by atoms with E-state index in [1.165, 1.54) is 55.6 Å². The Balaban J connectivity index is 1.63. The van der Waals surface area contributed by atoms with Gasteiger partial charge in [0.1, 0.15) is 10.5 Å². The van der Waals surface area contributed by atoms with Crippen molar-refractivity contribution in [3.8, 4) is 0 Å². The molecule has 0 radical (unpaired) electrons. The zero-order chi connectivity index (χ0) is 13.3. The second kappa shape index (κ2) is 4.10. The van der Waals surface area contributed by atoms with Gasteiger partial charge in [0.15, 0.2) is 0 Å². The number of nitrogens with zero attached hydrogens (tertiary/aromatic N) is 1. The van der Waals surface area contributed by atoms with Crippen LogP contribution in [0, 0.1) is 22.4 Å². The Hall–Kier alpha value is -0.350. The maximum atomic E-state index is 5.58. The summed E-state index contributed by atoms with van der Waals surface area (Å²) < 4.78 is 0.884. The molecule has 0 spiro atoms. The zero-order valence-electron chi connectivity index (χ0n) is 11.7. The summed E-state index contributed by atoms with van der Waals surface area (Å²) in [7, 11) is 0. The molecule has 0 aromatic carbocycles. The molecule has 1 aliphatic heterocycles. The van der Waals surface area contributed by atoms with Crippen molar-refractivity contribution in [1.82, 2.24) is 9.97 Å². The van der Waals surface area contributed by atoms with Gasteiger partial charge in [0.2, 0.25) is 0 Å². The first-order chi connectivity index (χ1) is 9.72. The van der Waals surface area contributed by atoms with Crippen LogP contribution in [0.1, 0.15) is 55.6 Å². The molecule has 4 fully saturated rings. The first kappa shape index (κ1) is 12.2. The van der Waals surface area contributed by atoms with Gasteiger partial charge in [-0.2, -0.15) is 11.8 Å². The van der Waals surface area contributed by atoms with Crippen molar-refractivity contribution in [3.05, 3.63) is 21.7 Å². The summed E-state index contributed by atoms with van der Waals surface area (Å²) in [4.78, 5) is 8.60. The molecule has 4 saturated carbocycles. The highest BCUT2D eigenvalue weighted by molar-refractivity contribution is 7.98. The van der Waals surface area contributed by atoms with Crippen LogP contribution < -0.4 is 0 Å². The van der Waals surface area contributed by atoms with Crippen molar-refractivity contribution in [2.24, 2.45) is 17.8 Å². The van der Waals surface area contributed by atoms with Gasteiger partial charge in [-0.1, -0.05) is 12.2 Å². The van der Waals surface area contributed by atoms with Gasteiger partial charge < -0.3 is 4.98 Å². The van der Waals surface area contributed by atoms with Gasteiger partial charge in [-0.15, -0.1) is 0 Å². The van der Waals surface area contributed by atoms with E-state index in [0.717, 1.165) is 33.9 Å². The number of H-pyrrole nitrogens is 1. The second-order valence-electron chi connectivity index (χ2n) is 7.54. The van der Waals surface area contributed by atoms with Crippen LogP contribution in [0.25, 0.3) is 0 Å². The molecule has 1 N–H and O–H groups in total. The number of thioether (sulfide) groups is 1. The van der Waals surface area contributed by atoms with Crippen molar-refractivity contribution >= 4 is 24.0 Å². The summed E-state index contributed by atoms with van der Waals surface area (Å²) in [5, 5.41) is 0. The lowest BCUT2D eigenvalue weighted by molar-refractivity contribution is -0.00953. The Morgan fingerprint density at radius 2 is 1.70 bits per heavy atom. The Morgan fingerprint density at radius 1 is 1.05 bits per heavy atom. The van der Waals surface area contributed by atoms with Crippen LogP contribution in [-0.4, -0.2) is 9.97 Å². The molecule has 0 saturated heterocycles. The van der Waals surface area contributed by atoms with E-state index >= 15 is 0 Å². The summed E-state index contributed by atoms with van der Waals surface area (Å²) in [6.07, 6.45) is 8.55. The fourth-order valence-corrected chi connectivity index (χ4v) is 7.17. The monoisotopic (exact) mass is 304 g/mol. The predicted octanol–water partition coefficient (Wildman–Crippen LogP) is 4.35. The molecule has 4 bridgehead atoms. The third kappa shape index (κ3) is 1.64. The highest BCUT2D eigenvalue weighted by atomic mass is 32.2. The first-order valence-electron chi connectivity index (χ1n) is 7.92. The Morgan fingerprint density at radius 3 is 2.35 bits per heavy atom. The third-order valence-corrected chi connectivity index (χ3v) is 7.46. The lowest BCUT2D eigenvalue weighted by Crippen LogP contribution is -2.49. The maximum Gasteiger partial charge on any atom is 0.134 e. The van der Waals surface area contributed by atoms with Crippen LogP contribution in [0.2, 0.25) is 0 Å². The number of nitrogens with one attached hydrogen (secondary N) is 1. The Bertz CT molecular complexity index is 599. The summed E-state index contributed by atoms with van der Waals surface area (Å²) in [5.74, 6) is 6.30. The van der Waals surface area contributed by atoms with Crippen LogP contribution in [-0.2, 0) is 16.9 Å². The maximum absolute atomic E-state index is 5.58. The zero-order valence-corrected chi connectivity index (χ0v) is 13.3. The van der Waals surface area contributed by atoms with Crippen molar-refractivity contribution in [3.63, 3.8) is 0 Å². The van der Waals surface area contributed by atoms with Crippen LogP contribution in [0.3, 0.4) is 0 Å². The lowest BCUT2D eigenvalue weighted by atomic mass is 9.49. The molecule has 5 aliphatic rings. The van der Waals surface area contributed by atoms with Gasteiger partial charge in [-0.05, 0) is 56.3 Å². The van der Waals surface area contributed by atoms with Crippen LogP contribution in [0.4, 0.5) is 0 Å². The van der Waals surface area contributed by atoms with Crippen molar-refractivity contribution < 1.29 is 0 Å². The van der Waals surface area contributed by atoms with E-state index in [1.54, 1.807) is 0 Å². The van der Waals surface area contributed by atoms with Gasteiger partial charge in [0.25, 0.3) is 0 Å². The normalized spacial score (nSPS) is 41.1. The highest BCUT2D eigenvalue weighted by Gasteiger charge is 2.53. The first-order valence-corrected chi connectivity index (χ1v) is 9.48. The molecule has 106 valence electrons. The van der Waals surface area contributed by atoms with Gasteiger partial charge in [0.05, 0.1) is 0 Å². The molecular weight excluding hydrogens is 284 g/mol. The number of hydrogen-bond acceptors (Lipinski definition) is 3. The number of aromatic nitrogens is 2. The summed E-state index contributed by atoms with van der Waals surface area (Å²) >= 11 is 7.54. The van der Waals surface area contributed by atoms with Crippen LogP contribution in [0.5, 0.6) is 0 Å². The van der Waals surface area contributed by atoms with Crippen molar-refractivity contribution in [2.75, 3.05) is 0 Å². The minimum Gasteiger partial charge on any atom is -0.346 e. The van der Waals surface area contributed by atoms with E-state index in [-0.39, 0.29) is 0 Å². The average Bonchev–Trinajstić information content (AvgIpc) is 2.86. The quantitative estimate of drug-likeness (QED) is 0.782. The van der Waals surface area contributed by atoms with E-state index in [1.807, 2.05) is 11.8 Å². The predicted molar refractivity (Wildman–Crippen MR) is 84.3 cm³/mol. The number of aromatic amines is 1. The van der Waals surface area contributed by atoms with Crippen LogP contribution in [0.15, 0.2) is 0 Å². The topological polar surface area (TPSA) is 28.7 Å². The summed E-state index contributed by atoms with van der Waals surface area (Å²) in [6, 6.07) is 0. The third-order valence-electron chi connectivity index (χ3n) is 6.14. The number of hydrogen-bond donors (Lipinski definition) is 1. The second-order valence-corrected chi connectivity index (χ2v) is 8.91. The van der Waals surface area contributed by atoms with E-state index in [4.69, 9.17) is 17.2 Å². The smallest absolute Gasteiger partial charge is 0.134 e. The molecule has 0 unspecified atom stereocenters. The molecule has 1 aromatic heterocycles. The molecule has 6 rings (SSSR count). The minimum atomic E-state index is 0.352. The van der Waals surface area contributed by atoms with Crippen LogP contribution >= 0.6 is 24.0 Å². The fraction of sp³-hybridized carbons (Fsp3) is 0.750. The van der Waals surface area contributed by atoms with Gasteiger partial charge in [0, 0.05) is 28.2 Å². The van der Waals surface area contributed by atoms with Gasteiger partial charge in [-0.3, -0.25) is 0 Å². The summed E-state index contributed by atoms with van der Waals surface area (Å²) in [5.41, 5.74) is 3.03. The molecule has 1 aromatic rings. The van der Waals surface area contributed by atoms with Gasteiger partial charge in [-0.25, -0.2) is 4.98 Å². The SMILES string of the molecule is S=c1nc(C23CC4CC(CC(C4)C2)C3)[nH]c2c1CSC2. The average molecular weight is 304 g/mol. The Kier molecular flexibility index (Phi) is 2.50. The fourth-order valence-electron chi connectivity index (χ4n) is 5.72. The molecule has 2 heterocycles. The standard InChI is InChI=1S/C16H20N2S2/c19-14-12-7-20-8-13(12)17-15(18-14)16-4-9-1-10(5-16)3-11(2-9)6-16/h9-11H,1-8H2,(H,17,18,19). The Labute approximate surface area is 129 Å². The van der Waals surface area contributed by atoms with E-state index in [2.05, 4.69) is 4.98 Å². The highest BCUT2D eigenvalue weighted by Crippen LogP contribution is 2.60. The van der Waals surface area contributed by atoms with E-state index < -0.39 is 0 Å². The lowest BCUT2D eigenvalue weighted by Gasteiger charge is -2.56. The molecule has 20 heavy (non-hydrogen) atoms. The van der Waals surface area contributed by atoms with Crippen molar-refractivity contribution in [2.45, 2.75) is 55.4 Å². The summed E-state index contributed by atoms with van der Waals surface area (Å²) in [6.45, 7) is 0.